The quantitative estimate of drug-likeness (QED) is 0.875. The van der Waals surface area contributed by atoms with Gasteiger partial charge in [-0.3, -0.25) is 0 Å². The number of fused-ring (bicyclic) bond motifs is 1. The first-order chi connectivity index (χ1) is 10.2. The van der Waals surface area contributed by atoms with E-state index in [1.54, 1.807) is 0 Å². The largest absolute Gasteiger partial charge is 0.491 e. The number of nitrogens with one attached hydrogen (secondary N) is 1. The third kappa shape index (κ3) is 2.33. The Morgan fingerprint density at radius 2 is 2.05 bits per heavy atom. The summed E-state index contributed by atoms with van der Waals surface area (Å²) in [6.45, 7) is 2.56. The molecule has 4 nitrogen and oxygen atoms in total. The van der Waals surface area contributed by atoms with Gasteiger partial charge in [0.05, 0.1) is 6.04 Å². The molecule has 1 aliphatic heterocycles. The minimum atomic E-state index is 0.109. The third-order valence-corrected chi connectivity index (χ3v) is 4.43. The number of aromatic nitrogens is 2. The number of benzene rings is 1. The molecule has 2 aromatic rings. The Morgan fingerprint density at radius 1 is 1.24 bits per heavy atom. The highest BCUT2D eigenvalue weighted by molar-refractivity contribution is 6.30. The molecule has 1 aliphatic carbocycles. The molecule has 1 unspecified atom stereocenters. The highest BCUT2D eigenvalue weighted by Crippen LogP contribution is 2.40. The fourth-order valence-electron chi connectivity index (χ4n) is 2.62. The van der Waals surface area contributed by atoms with E-state index in [1.807, 2.05) is 25.1 Å². The Labute approximate surface area is 128 Å². The van der Waals surface area contributed by atoms with E-state index in [-0.39, 0.29) is 6.04 Å². The molecule has 0 saturated heterocycles. The van der Waals surface area contributed by atoms with Crippen LogP contribution in [0.3, 0.4) is 0 Å². The monoisotopic (exact) mass is 301 g/mol. The lowest BCUT2D eigenvalue weighted by atomic mass is 10.1. The molecule has 0 amide bonds. The highest BCUT2D eigenvalue weighted by atomic mass is 35.5. The molecule has 1 fully saturated rings. The van der Waals surface area contributed by atoms with Crippen molar-refractivity contribution in [3.63, 3.8) is 0 Å². The maximum absolute atomic E-state index is 6.25. The van der Waals surface area contributed by atoms with E-state index in [0.29, 0.717) is 17.7 Å². The molecular weight excluding hydrogens is 286 g/mol. The fourth-order valence-corrected chi connectivity index (χ4v) is 2.79. The maximum Gasteiger partial charge on any atom is 0.137 e. The summed E-state index contributed by atoms with van der Waals surface area (Å²) in [7, 11) is 0. The average molecular weight is 302 g/mol. The van der Waals surface area contributed by atoms with Gasteiger partial charge in [0.15, 0.2) is 0 Å². The van der Waals surface area contributed by atoms with Crippen LogP contribution in [0.25, 0.3) is 0 Å². The second-order valence-corrected chi connectivity index (χ2v) is 6.02. The number of hydrogen-bond donors (Lipinski definition) is 1. The van der Waals surface area contributed by atoms with Crippen LogP contribution in [-0.2, 0) is 0 Å². The van der Waals surface area contributed by atoms with Gasteiger partial charge in [0.2, 0.25) is 0 Å². The number of anilines is 1. The van der Waals surface area contributed by atoms with Gasteiger partial charge < -0.3 is 10.1 Å². The summed E-state index contributed by atoms with van der Waals surface area (Å²) in [5.74, 6) is 3.11. The van der Waals surface area contributed by atoms with Crippen molar-refractivity contribution in [2.45, 2.75) is 31.7 Å². The molecule has 108 valence electrons. The van der Waals surface area contributed by atoms with Crippen LogP contribution in [-0.4, -0.2) is 16.6 Å². The van der Waals surface area contributed by atoms with Crippen molar-refractivity contribution in [2.75, 3.05) is 11.9 Å². The van der Waals surface area contributed by atoms with Crippen LogP contribution in [0.4, 0.5) is 5.82 Å². The number of para-hydroxylation sites is 1. The first-order valence-electron chi connectivity index (χ1n) is 7.24. The van der Waals surface area contributed by atoms with Crippen LogP contribution < -0.4 is 10.1 Å². The Kier molecular flexibility index (Phi) is 3.00. The highest BCUT2D eigenvalue weighted by Gasteiger charge is 2.29. The van der Waals surface area contributed by atoms with Crippen LogP contribution in [0.2, 0.25) is 5.15 Å². The first-order valence-corrected chi connectivity index (χ1v) is 7.62. The molecule has 4 rings (SSSR count). The molecule has 1 aromatic carbocycles. The maximum atomic E-state index is 6.25. The van der Waals surface area contributed by atoms with Gasteiger partial charge in [0.25, 0.3) is 0 Å². The van der Waals surface area contributed by atoms with Gasteiger partial charge in [-0.2, -0.15) is 0 Å². The lowest BCUT2D eigenvalue weighted by molar-refractivity contribution is 0.339. The topological polar surface area (TPSA) is 47.0 Å². The molecular formula is C16H16ClN3O. The van der Waals surface area contributed by atoms with Crippen LogP contribution in [0.15, 0.2) is 24.3 Å². The van der Waals surface area contributed by atoms with Gasteiger partial charge in [-0.1, -0.05) is 29.8 Å². The zero-order valence-corrected chi connectivity index (χ0v) is 12.5. The van der Waals surface area contributed by atoms with Gasteiger partial charge in [-0.25, -0.2) is 9.97 Å². The minimum absolute atomic E-state index is 0.109. The van der Waals surface area contributed by atoms with Crippen molar-refractivity contribution >= 4 is 17.4 Å². The van der Waals surface area contributed by atoms with Crippen LogP contribution in [0.5, 0.6) is 5.75 Å². The zero-order chi connectivity index (χ0) is 14.4. The zero-order valence-electron chi connectivity index (χ0n) is 11.8. The van der Waals surface area contributed by atoms with Crippen LogP contribution >= 0.6 is 11.6 Å². The number of nitrogens with zero attached hydrogens (tertiary/aromatic N) is 2. The number of ether oxygens (including phenoxy) is 1. The van der Waals surface area contributed by atoms with Crippen molar-refractivity contribution in [3.05, 3.63) is 46.4 Å². The summed E-state index contributed by atoms with van der Waals surface area (Å²) in [6, 6.07) is 8.20. The van der Waals surface area contributed by atoms with Gasteiger partial charge in [-0.05, 0) is 25.8 Å². The van der Waals surface area contributed by atoms with Gasteiger partial charge in [-0.15, -0.1) is 0 Å². The van der Waals surface area contributed by atoms with Crippen LogP contribution in [0, 0.1) is 6.92 Å². The minimum Gasteiger partial charge on any atom is -0.491 e. The predicted molar refractivity (Wildman–Crippen MR) is 82.1 cm³/mol. The summed E-state index contributed by atoms with van der Waals surface area (Å²) < 4.78 is 5.70. The Hall–Kier alpha value is -1.81. The molecule has 1 N–H and O–H groups in total. The van der Waals surface area contributed by atoms with Gasteiger partial charge in [0, 0.05) is 17.0 Å². The molecule has 0 bridgehead atoms. The Morgan fingerprint density at radius 3 is 2.86 bits per heavy atom. The first kappa shape index (κ1) is 12.9. The number of rotatable bonds is 3. The molecule has 5 heteroatoms. The Bertz CT molecular complexity index is 700. The third-order valence-electron chi connectivity index (χ3n) is 4.06. The molecule has 1 saturated carbocycles. The molecule has 1 atom stereocenters. The fraction of sp³-hybridized carbons (Fsp3) is 0.375. The molecule has 0 radical (unpaired) electrons. The van der Waals surface area contributed by atoms with E-state index in [1.165, 1.54) is 5.56 Å². The molecule has 2 heterocycles. The van der Waals surface area contributed by atoms with E-state index < -0.39 is 0 Å². The SMILES string of the molecule is Cc1c(Cl)nc(C2CC2)nc1NC1COc2ccccc21. The molecule has 2 aliphatic rings. The van der Waals surface area contributed by atoms with E-state index >= 15 is 0 Å². The van der Waals surface area contributed by atoms with Crippen molar-refractivity contribution in [1.29, 1.82) is 0 Å². The average Bonchev–Trinajstić information content (AvgIpc) is 3.26. The van der Waals surface area contributed by atoms with Crippen LogP contribution in [0.1, 0.15) is 41.8 Å². The summed E-state index contributed by atoms with van der Waals surface area (Å²) >= 11 is 6.25. The number of halogens is 1. The standard InChI is InChI=1S/C16H16ClN3O/c1-9-14(17)19-16(10-6-7-10)20-15(9)18-12-8-21-13-5-3-2-4-11(12)13/h2-5,10,12H,6-8H2,1H3,(H,18,19,20). The summed E-state index contributed by atoms with van der Waals surface area (Å²) in [5, 5.41) is 4.01. The lowest BCUT2D eigenvalue weighted by Gasteiger charge is -2.16. The lowest BCUT2D eigenvalue weighted by Crippen LogP contribution is -2.15. The van der Waals surface area contributed by atoms with Gasteiger partial charge >= 0.3 is 0 Å². The summed E-state index contributed by atoms with van der Waals surface area (Å²) in [6.07, 6.45) is 2.32. The van der Waals surface area contributed by atoms with Crippen molar-refractivity contribution in [3.8, 4) is 5.75 Å². The van der Waals surface area contributed by atoms with Gasteiger partial charge in [0.1, 0.15) is 29.2 Å². The Balaban J connectivity index is 1.66. The predicted octanol–water partition coefficient (Wildman–Crippen LogP) is 3.86. The second kappa shape index (κ2) is 4.88. The van der Waals surface area contributed by atoms with Crippen molar-refractivity contribution < 1.29 is 4.74 Å². The van der Waals surface area contributed by atoms with E-state index in [9.17, 15) is 0 Å². The summed E-state index contributed by atoms with van der Waals surface area (Å²) in [5.41, 5.74) is 2.06. The van der Waals surface area contributed by atoms with Crippen molar-refractivity contribution in [1.82, 2.24) is 9.97 Å². The molecule has 1 aromatic heterocycles. The summed E-state index contributed by atoms with van der Waals surface area (Å²) in [4.78, 5) is 9.07. The molecule has 0 spiro atoms. The van der Waals surface area contributed by atoms with E-state index in [0.717, 1.165) is 35.8 Å². The number of hydrogen-bond acceptors (Lipinski definition) is 4. The van der Waals surface area contributed by atoms with E-state index in [2.05, 4.69) is 21.4 Å². The van der Waals surface area contributed by atoms with Crippen molar-refractivity contribution in [2.24, 2.45) is 0 Å². The van der Waals surface area contributed by atoms with E-state index in [4.69, 9.17) is 16.3 Å². The smallest absolute Gasteiger partial charge is 0.137 e. The normalized spacial score (nSPS) is 20.0. The second-order valence-electron chi connectivity index (χ2n) is 5.67. The molecule has 21 heavy (non-hydrogen) atoms.